The molecule has 8 heteroatoms. The smallest absolute Gasteiger partial charge is 0.247 e. The van der Waals surface area contributed by atoms with Gasteiger partial charge in [0.1, 0.15) is 6.04 Å². The maximum atomic E-state index is 13.8. The normalized spacial score (nSPS) is 31.1. The molecule has 3 amide bonds. The van der Waals surface area contributed by atoms with E-state index in [9.17, 15) is 19.5 Å². The minimum atomic E-state index is -0.614. The number of aliphatic hydroxyl groups is 1. The van der Waals surface area contributed by atoms with Crippen molar-refractivity contribution in [1.82, 2.24) is 14.7 Å². The van der Waals surface area contributed by atoms with E-state index in [4.69, 9.17) is 0 Å². The van der Waals surface area contributed by atoms with Crippen LogP contribution in [0.15, 0.2) is 25.3 Å². The molecule has 0 aromatic rings. The third-order valence-electron chi connectivity index (χ3n) is 6.89. The number of likely N-dealkylation sites (tertiary alicyclic amines) is 1. The van der Waals surface area contributed by atoms with Gasteiger partial charge in [-0.3, -0.25) is 14.4 Å². The zero-order chi connectivity index (χ0) is 22.9. The number of rotatable bonds is 10. The zero-order valence-corrected chi connectivity index (χ0v) is 19.6. The summed E-state index contributed by atoms with van der Waals surface area (Å²) in [5.74, 6) is -1.16. The molecule has 3 heterocycles. The number of fused-ring (bicyclic) bond motifs is 1. The summed E-state index contributed by atoms with van der Waals surface area (Å²) in [6, 6.07) is -0.646. The number of likely N-dealkylation sites (N-methyl/N-ethyl adjacent to an activating group) is 1. The average Bonchev–Trinajstić information content (AvgIpc) is 3.36. The highest BCUT2D eigenvalue weighted by Gasteiger charge is 2.73. The SMILES string of the molecule is C=CCN(C)C(=O)[C@@H]1[C@@H]2CCC3(S2)C(C(=O)N(CC=C)C(C)C)N(CCCO)C(=O)[C@H]13. The van der Waals surface area contributed by atoms with Gasteiger partial charge in [-0.25, -0.2) is 0 Å². The number of amides is 3. The summed E-state index contributed by atoms with van der Waals surface area (Å²) in [5, 5.41) is 9.45. The third kappa shape index (κ3) is 3.82. The number of carbonyl (C=O) groups excluding carboxylic acids is 3. The summed E-state index contributed by atoms with van der Waals surface area (Å²) >= 11 is 1.67. The molecule has 1 N–H and O–H groups in total. The third-order valence-corrected chi connectivity index (χ3v) is 8.84. The Balaban J connectivity index is 2.02. The Labute approximate surface area is 189 Å². The van der Waals surface area contributed by atoms with Crippen LogP contribution in [0.2, 0.25) is 0 Å². The van der Waals surface area contributed by atoms with Crippen LogP contribution < -0.4 is 0 Å². The van der Waals surface area contributed by atoms with Crippen molar-refractivity contribution in [3.8, 4) is 0 Å². The standard InChI is InChI=1S/C23H35N3O4S/c1-6-11-24(5)20(28)17-16-9-10-23(31-16)18(17)21(29)26(13-8-14-27)19(23)22(30)25(12-7-2)15(3)4/h6-7,15-19,27H,1-2,8-14H2,3-5H3/t16-,17+,18-,19?,23?/m0/s1. The molecule has 3 aliphatic heterocycles. The fraction of sp³-hybridized carbons (Fsp3) is 0.696. The van der Waals surface area contributed by atoms with E-state index >= 15 is 0 Å². The van der Waals surface area contributed by atoms with Gasteiger partial charge < -0.3 is 19.8 Å². The van der Waals surface area contributed by atoms with E-state index in [1.807, 2.05) is 13.8 Å². The Morgan fingerprint density at radius 2 is 1.97 bits per heavy atom. The largest absolute Gasteiger partial charge is 0.396 e. The fourth-order valence-electron chi connectivity index (χ4n) is 5.59. The van der Waals surface area contributed by atoms with Crippen LogP contribution in [-0.4, -0.2) is 92.9 Å². The number of hydrogen-bond donors (Lipinski definition) is 1. The highest BCUT2D eigenvalue weighted by Crippen LogP contribution is 2.66. The predicted molar refractivity (Wildman–Crippen MR) is 122 cm³/mol. The van der Waals surface area contributed by atoms with E-state index in [-0.39, 0.29) is 35.6 Å². The van der Waals surface area contributed by atoms with Gasteiger partial charge in [-0.2, -0.15) is 0 Å². The Kier molecular flexibility index (Phi) is 7.21. The molecular formula is C23H35N3O4S. The van der Waals surface area contributed by atoms with Crippen molar-refractivity contribution in [3.63, 3.8) is 0 Å². The lowest BCUT2D eigenvalue weighted by atomic mass is 9.70. The van der Waals surface area contributed by atoms with E-state index in [0.717, 1.165) is 12.8 Å². The van der Waals surface area contributed by atoms with Gasteiger partial charge in [0.05, 0.1) is 16.6 Å². The van der Waals surface area contributed by atoms with E-state index in [1.54, 1.807) is 45.7 Å². The predicted octanol–water partition coefficient (Wildman–Crippen LogP) is 1.53. The van der Waals surface area contributed by atoms with Crippen LogP contribution in [0, 0.1) is 11.8 Å². The Morgan fingerprint density at radius 3 is 2.55 bits per heavy atom. The van der Waals surface area contributed by atoms with Crippen molar-refractivity contribution in [2.24, 2.45) is 11.8 Å². The molecule has 2 bridgehead atoms. The van der Waals surface area contributed by atoms with E-state index < -0.39 is 22.6 Å². The van der Waals surface area contributed by atoms with Crippen molar-refractivity contribution in [3.05, 3.63) is 25.3 Å². The molecule has 172 valence electrons. The number of carbonyl (C=O) groups is 3. The Bertz CT molecular complexity index is 757. The van der Waals surface area contributed by atoms with Gasteiger partial charge in [-0.1, -0.05) is 12.2 Å². The summed E-state index contributed by atoms with van der Waals surface area (Å²) in [7, 11) is 1.74. The topological polar surface area (TPSA) is 81.2 Å². The summed E-state index contributed by atoms with van der Waals surface area (Å²) in [6.45, 7) is 12.5. The molecule has 3 rings (SSSR count). The summed E-state index contributed by atoms with van der Waals surface area (Å²) in [4.78, 5) is 45.9. The van der Waals surface area contributed by atoms with Gasteiger partial charge in [-0.05, 0) is 33.1 Å². The maximum absolute atomic E-state index is 13.8. The Morgan fingerprint density at radius 1 is 1.29 bits per heavy atom. The summed E-state index contributed by atoms with van der Waals surface area (Å²) in [6.07, 6.45) is 5.37. The first-order valence-electron chi connectivity index (χ1n) is 11.1. The summed E-state index contributed by atoms with van der Waals surface area (Å²) < 4.78 is -0.585. The molecule has 3 saturated heterocycles. The number of thioether (sulfide) groups is 1. The molecule has 3 aliphatic rings. The lowest BCUT2D eigenvalue weighted by molar-refractivity contribution is -0.144. The molecule has 1 spiro atoms. The van der Waals surface area contributed by atoms with E-state index in [1.165, 1.54) is 0 Å². The molecule has 0 aliphatic carbocycles. The number of aliphatic hydroxyl groups excluding tert-OH is 1. The lowest BCUT2D eigenvalue weighted by Gasteiger charge is -2.38. The zero-order valence-electron chi connectivity index (χ0n) is 18.8. The molecule has 0 radical (unpaired) electrons. The first-order chi connectivity index (χ1) is 14.7. The van der Waals surface area contributed by atoms with Crippen LogP contribution in [0.3, 0.4) is 0 Å². The molecule has 0 aromatic heterocycles. The van der Waals surface area contributed by atoms with Gasteiger partial charge in [0.2, 0.25) is 17.7 Å². The number of nitrogens with zero attached hydrogens (tertiary/aromatic N) is 3. The van der Waals surface area contributed by atoms with Crippen LogP contribution in [0.5, 0.6) is 0 Å². The monoisotopic (exact) mass is 449 g/mol. The van der Waals surface area contributed by atoms with Crippen molar-refractivity contribution in [2.45, 2.75) is 55.2 Å². The molecule has 0 aromatic carbocycles. The van der Waals surface area contributed by atoms with Crippen LogP contribution in [-0.2, 0) is 14.4 Å². The molecule has 5 atom stereocenters. The minimum absolute atomic E-state index is 0.0319. The van der Waals surface area contributed by atoms with Gasteiger partial charge in [0, 0.05) is 44.6 Å². The molecule has 2 unspecified atom stereocenters. The fourth-order valence-corrected chi connectivity index (χ4v) is 7.79. The molecule has 31 heavy (non-hydrogen) atoms. The van der Waals surface area contributed by atoms with Crippen LogP contribution in [0.4, 0.5) is 0 Å². The maximum Gasteiger partial charge on any atom is 0.247 e. The lowest BCUT2D eigenvalue weighted by Crippen LogP contribution is -2.56. The Hall–Kier alpha value is -1.80. The second-order valence-electron chi connectivity index (χ2n) is 9.05. The second-order valence-corrected chi connectivity index (χ2v) is 10.6. The van der Waals surface area contributed by atoms with E-state index in [2.05, 4.69) is 13.2 Å². The summed E-state index contributed by atoms with van der Waals surface area (Å²) in [5.41, 5.74) is 0. The van der Waals surface area contributed by atoms with Crippen molar-refractivity contribution >= 4 is 29.5 Å². The van der Waals surface area contributed by atoms with Crippen LogP contribution in [0.25, 0.3) is 0 Å². The highest BCUT2D eigenvalue weighted by atomic mass is 32.2. The number of hydrogen-bond acceptors (Lipinski definition) is 5. The van der Waals surface area contributed by atoms with Crippen molar-refractivity contribution < 1.29 is 19.5 Å². The van der Waals surface area contributed by atoms with Gasteiger partial charge in [0.25, 0.3) is 0 Å². The molecule has 3 fully saturated rings. The van der Waals surface area contributed by atoms with Crippen LogP contribution >= 0.6 is 11.8 Å². The van der Waals surface area contributed by atoms with Gasteiger partial charge in [-0.15, -0.1) is 24.9 Å². The first kappa shape index (κ1) is 23.9. The minimum Gasteiger partial charge on any atom is -0.396 e. The van der Waals surface area contributed by atoms with Crippen molar-refractivity contribution in [1.29, 1.82) is 0 Å². The molecule has 7 nitrogen and oxygen atoms in total. The molecule has 0 saturated carbocycles. The second kappa shape index (κ2) is 9.36. The highest BCUT2D eigenvalue weighted by molar-refractivity contribution is 8.02. The van der Waals surface area contributed by atoms with Gasteiger partial charge in [0.15, 0.2) is 0 Å². The first-order valence-corrected chi connectivity index (χ1v) is 12.0. The molecular weight excluding hydrogens is 414 g/mol. The van der Waals surface area contributed by atoms with Gasteiger partial charge >= 0.3 is 0 Å². The van der Waals surface area contributed by atoms with E-state index in [0.29, 0.717) is 26.1 Å². The average molecular weight is 450 g/mol. The van der Waals surface area contributed by atoms with Crippen LogP contribution in [0.1, 0.15) is 33.1 Å². The quantitative estimate of drug-likeness (QED) is 0.512. The van der Waals surface area contributed by atoms with Crippen molar-refractivity contribution in [2.75, 3.05) is 33.3 Å².